The Morgan fingerprint density at radius 1 is 1.85 bits per heavy atom. The monoisotopic (exact) mass is 183 g/mol. The maximum Gasteiger partial charge on any atom is 0.354 e. The highest BCUT2D eigenvalue weighted by molar-refractivity contribution is 5.86. The van der Waals surface area contributed by atoms with E-state index in [2.05, 4.69) is 5.10 Å². The van der Waals surface area contributed by atoms with E-state index in [1.807, 2.05) is 13.8 Å². The summed E-state index contributed by atoms with van der Waals surface area (Å²) in [5.41, 5.74) is 5.56. The van der Waals surface area contributed by atoms with Crippen LogP contribution in [0.3, 0.4) is 0 Å². The molecule has 0 saturated heterocycles. The molecule has 0 unspecified atom stereocenters. The summed E-state index contributed by atoms with van der Waals surface area (Å²) in [5, 5.41) is 12.7. The molecular weight excluding hydrogens is 170 g/mol. The van der Waals surface area contributed by atoms with Crippen molar-refractivity contribution in [3.05, 3.63) is 11.8 Å². The number of hydrogen-bond donors (Lipinski definition) is 2. The van der Waals surface area contributed by atoms with E-state index in [1.165, 1.54) is 10.7 Å². The molecule has 0 spiro atoms. The van der Waals surface area contributed by atoms with Gasteiger partial charge in [0, 0.05) is 12.1 Å². The molecule has 0 aromatic carbocycles. The van der Waals surface area contributed by atoms with Crippen molar-refractivity contribution in [1.29, 1.82) is 0 Å². The van der Waals surface area contributed by atoms with Gasteiger partial charge in [-0.05, 0) is 13.3 Å². The number of nitrogens with zero attached hydrogens (tertiary/aromatic N) is 2. The lowest BCUT2D eigenvalue weighted by Gasteiger charge is -2.10. The Bertz CT molecular complexity index is 319. The van der Waals surface area contributed by atoms with E-state index in [4.69, 9.17) is 10.8 Å². The van der Waals surface area contributed by atoms with E-state index < -0.39 is 5.97 Å². The second-order valence-corrected chi connectivity index (χ2v) is 2.96. The second-order valence-electron chi connectivity index (χ2n) is 2.96. The lowest BCUT2D eigenvalue weighted by molar-refractivity contribution is 0.0680. The number of aromatic nitrogens is 2. The van der Waals surface area contributed by atoms with Gasteiger partial charge in [0.1, 0.15) is 11.5 Å². The Morgan fingerprint density at radius 3 is 2.92 bits per heavy atom. The van der Waals surface area contributed by atoms with Crippen LogP contribution in [-0.2, 0) is 0 Å². The van der Waals surface area contributed by atoms with Gasteiger partial charge in [0.05, 0.1) is 0 Å². The summed E-state index contributed by atoms with van der Waals surface area (Å²) in [7, 11) is 0. The molecule has 13 heavy (non-hydrogen) atoms. The van der Waals surface area contributed by atoms with E-state index in [-0.39, 0.29) is 17.6 Å². The van der Waals surface area contributed by atoms with Crippen LogP contribution < -0.4 is 5.73 Å². The van der Waals surface area contributed by atoms with E-state index in [9.17, 15) is 4.79 Å². The van der Waals surface area contributed by atoms with Crippen LogP contribution in [0.5, 0.6) is 0 Å². The molecule has 0 aliphatic heterocycles. The maximum atomic E-state index is 10.7. The van der Waals surface area contributed by atoms with Crippen molar-refractivity contribution in [2.24, 2.45) is 0 Å². The summed E-state index contributed by atoms with van der Waals surface area (Å²) >= 11 is 0. The Hall–Kier alpha value is -1.52. The third kappa shape index (κ3) is 1.80. The van der Waals surface area contributed by atoms with Gasteiger partial charge in [-0.25, -0.2) is 4.79 Å². The highest BCUT2D eigenvalue weighted by Gasteiger charge is 2.15. The van der Waals surface area contributed by atoms with Gasteiger partial charge in [-0.3, -0.25) is 4.68 Å². The number of hydrogen-bond acceptors (Lipinski definition) is 3. The first-order chi connectivity index (χ1) is 6.06. The molecule has 72 valence electrons. The first-order valence-electron chi connectivity index (χ1n) is 4.14. The van der Waals surface area contributed by atoms with E-state index in [0.717, 1.165) is 6.42 Å². The minimum atomic E-state index is -0.996. The van der Waals surface area contributed by atoms with Crippen molar-refractivity contribution in [2.45, 2.75) is 26.3 Å². The molecule has 0 aliphatic carbocycles. The third-order valence-electron chi connectivity index (χ3n) is 1.98. The smallest absolute Gasteiger partial charge is 0.354 e. The molecule has 1 aromatic rings. The quantitative estimate of drug-likeness (QED) is 0.736. The molecule has 1 heterocycles. The lowest BCUT2D eigenvalue weighted by atomic mass is 10.2. The van der Waals surface area contributed by atoms with Gasteiger partial charge >= 0.3 is 5.97 Å². The number of carboxylic acids is 1. The van der Waals surface area contributed by atoms with E-state index >= 15 is 0 Å². The van der Waals surface area contributed by atoms with Crippen LogP contribution in [0.25, 0.3) is 0 Å². The predicted octanol–water partition coefficient (Wildman–Crippen LogP) is 1.13. The minimum Gasteiger partial charge on any atom is -0.477 e. The van der Waals surface area contributed by atoms with Crippen molar-refractivity contribution < 1.29 is 9.90 Å². The summed E-state index contributed by atoms with van der Waals surface area (Å²) in [4.78, 5) is 10.7. The highest BCUT2D eigenvalue weighted by Crippen LogP contribution is 2.15. The molecule has 0 bridgehead atoms. The third-order valence-corrected chi connectivity index (χ3v) is 1.98. The maximum absolute atomic E-state index is 10.7. The molecule has 1 aromatic heterocycles. The number of rotatable bonds is 3. The fourth-order valence-electron chi connectivity index (χ4n) is 1.08. The molecular formula is C8H13N3O2. The van der Waals surface area contributed by atoms with Crippen LogP contribution in [0.4, 0.5) is 5.82 Å². The summed E-state index contributed by atoms with van der Waals surface area (Å²) in [5.74, 6) is -0.748. The van der Waals surface area contributed by atoms with Crippen LogP contribution in [0.1, 0.15) is 36.8 Å². The summed E-state index contributed by atoms with van der Waals surface area (Å²) in [6.45, 7) is 3.87. The first kappa shape index (κ1) is 9.57. The van der Waals surface area contributed by atoms with Crippen molar-refractivity contribution in [3.8, 4) is 0 Å². The average Bonchev–Trinajstić information content (AvgIpc) is 2.46. The van der Waals surface area contributed by atoms with E-state index in [0.29, 0.717) is 0 Å². The van der Waals surface area contributed by atoms with Crippen molar-refractivity contribution in [3.63, 3.8) is 0 Å². The van der Waals surface area contributed by atoms with Gasteiger partial charge in [0.2, 0.25) is 0 Å². The topological polar surface area (TPSA) is 81.1 Å². The van der Waals surface area contributed by atoms with Gasteiger partial charge in [-0.2, -0.15) is 5.10 Å². The molecule has 0 saturated carbocycles. The standard InChI is InChI=1S/C8H13N3O2/c1-3-5(2)11-6(8(12)13)4-7(9)10-11/h4-5H,3H2,1-2H3,(H2,9,10)(H,12,13)/t5-/m0/s1. The van der Waals surface area contributed by atoms with Crippen LogP contribution in [0.15, 0.2) is 6.07 Å². The first-order valence-corrected chi connectivity index (χ1v) is 4.14. The van der Waals surface area contributed by atoms with Gasteiger partial charge in [0.25, 0.3) is 0 Å². The highest BCUT2D eigenvalue weighted by atomic mass is 16.4. The van der Waals surface area contributed by atoms with Gasteiger partial charge in [0.15, 0.2) is 0 Å². The molecule has 5 heteroatoms. The zero-order valence-electron chi connectivity index (χ0n) is 7.69. The molecule has 3 N–H and O–H groups in total. The van der Waals surface area contributed by atoms with Crippen molar-refractivity contribution in [1.82, 2.24) is 9.78 Å². The minimum absolute atomic E-state index is 0.0587. The fraction of sp³-hybridized carbons (Fsp3) is 0.500. The SMILES string of the molecule is CC[C@H](C)n1nc(N)cc1C(=O)O. The summed E-state index contributed by atoms with van der Waals surface area (Å²) in [6, 6.07) is 1.43. The van der Waals surface area contributed by atoms with Gasteiger partial charge in [-0.1, -0.05) is 6.92 Å². The lowest BCUT2D eigenvalue weighted by Crippen LogP contribution is -2.13. The summed E-state index contributed by atoms with van der Waals surface area (Å²) in [6.07, 6.45) is 0.821. The number of carboxylic acid groups (broad SMARTS) is 1. The van der Waals surface area contributed by atoms with Crippen LogP contribution in [0.2, 0.25) is 0 Å². The van der Waals surface area contributed by atoms with Crippen molar-refractivity contribution in [2.75, 3.05) is 5.73 Å². The Morgan fingerprint density at radius 2 is 2.46 bits per heavy atom. The Balaban J connectivity index is 3.11. The van der Waals surface area contributed by atoms with Gasteiger partial charge in [-0.15, -0.1) is 0 Å². The number of anilines is 1. The number of nitrogens with two attached hydrogens (primary N) is 1. The zero-order valence-corrected chi connectivity index (χ0v) is 7.69. The van der Waals surface area contributed by atoms with Crippen molar-refractivity contribution >= 4 is 11.8 Å². The molecule has 1 atom stereocenters. The number of aromatic carboxylic acids is 1. The van der Waals surface area contributed by atoms with Crippen LogP contribution >= 0.6 is 0 Å². The molecule has 0 aliphatic rings. The van der Waals surface area contributed by atoms with Crippen LogP contribution in [-0.4, -0.2) is 20.9 Å². The van der Waals surface area contributed by atoms with E-state index in [1.54, 1.807) is 0 Å². The second kappa shape index (κ2) is 3.47. The number of carbonyl (C=O) groups is 1. The van der Waals surface area contributed by atoms with Crippen LogP contribution in [0, 0.1) is 0 Å². The normalized spacial score (nSPS) is 12.8. The number of nitrogen functional groups attached to an aromatic ring is 1. The summed E-state index contributed by atoms with van der Waals surface area (Å²) < 4.78 is 1.44. The fourth-order valence-corrected chi connectivity index (χ4v) is 1.08. The Labute approximate surface area is 76.2 Å². The largest absolute Gasteiger partial charge is 0.477 e. The Kier molecular flexibility index (Phi) is 2.55. The zero-order chi connectivity index (χ0) is 10.0. The molecule has 5 nitrogen and oxygen atoms in total. The molecule has 0 radical (unpaired) electrons. The average molecular weight is 183 g/mol. The van der Waals surface area contributed by atoms with Gasteiger partial charge < -0.3 is 10.8 Å². The molecule has 0 fully saturated rings. The molecule has 1 rings (SSSR count). The molecule has 0 amide bonds. The predicted molar refractivity (Wildman–Crippen MR) is 48.6 cm³/mol.